The zero-order valence-corrected chi connectivity index (χ0v) is 12.1. The third kappa shape index (κ3) is 3.86. The molecular weight excluding hydrogens is 310 g/mol. The Morgan fingerprint density at radius 1 is 1.26 bits per heavy atom. The van der Waals surface area contributed by atoms with E-state index in [1.165, 1.54) is 0 Å². The highest BCUT2D eigenvalue weighted by Gasteiger charge is 2.10. The molecule has 0 spiro atoms. The number of carbonyl (C=O) groups is 1. The minimum atomic E-state index is -0.284. The Labute approximate surface area is 119 Å². The first-order valence-corrected chi connectivity index (χ1v) is 6.78. The number of amides is 1. The van der Waals surface area contributed by atoms with Crippen molar-refractivity contribution in [3.05, 3.63) is 46.8 Å². The van der Waals surface area contributed by atoms with Crippen molar-refractivity contribution >= 4 is 27.5 Å². The molecule has 2 aromatic rings. The molecule has 100 valence electrons. The van der Waals surface area contributed by atoms with Gasteiger partial charge in [0.05, 0.1) is 6.61 Å². The summed E-state index contributed by atoms with van der Waals surface area (Å²) in [4.78, 5) is 11.8. The van der Waals surface area contributed by atoms with Gasteiger partial charge >= 0.3 is 0 Å². The lowest BCUT2D eigenvalue weighted by atomic mass is 10.3. The molecule has 19 heavy (non-hydrogen) atoms. The first kappa shape index (κ1) is 13.7. The van der Waals surface area contributed by atoms with Crippen molar-refractivity contribution < 1.29 is 13.9 Å². The normalized spacial score (nSPS) is 10.2. The second kappa shape index (κ2) is 6.43. The van der Waals surface area contributed by atoms with E-state index in [0.29, 0.717) is 17.0 Å². The summed E-state index contributed by atoms with van der Waals surface area (Å²) in [6.45, 7) is 2.74. The Hall–Kier alpha value is -1.75. The maximum absolute atomic E-state index is 11.8. The fraction of sp³-hybridized carbons (Fsp3) is 0.214. The summed E-state index contributed by atoms with van der Waals surface area (Å²) < 4.78 is 11.2. The number of furan rings is 1. The van der Waals surface area contributed by atoms with Gasteiger partial charge in [0, 0.05) is 5.69 Å². The summed E-state index contributed by atoms with van der Waals surface area (Å²) in [5, 5.41) is 2.75. The average Bonchev–Trinajstić information content (AvgIpc) is 2.85. The molecule has 0 aliphatic rings. The molecular formula is C14H14BrNO3. The van der Waals surface area contributed by atoms with Gasteiger partial charge in [-0.3, -0.25) is 4.79 Å². The van der Waals surface area contributed by atoms with Gasteiger partial charge in [0.15, 0.2) is 10.4 Å². The van der Waals surface area contributed by atoms with Crippen molar-refractivity contribution in [1.82, 2.24) is 0 Å². The Kier molecular flexibility index (Phi) is 4.63. The van der Waals surface area contributed by atoms with Crippen LogP contribution in [0.2, 0.25) is 0 Å². The topological polar surface area (TPSA) is 51.5 Å². The van der Waals surface area contributed by atoms with Gasteiger partial charge in [0.1, 0.15) is 5.75 Å². The molecule has 0 fully saturated rings. The van der Waals surface area contributed by atoms with Gasteiger partial charge < -0.3 is 14.5 Å². The molecule has 1 aromatic heterocycles. The molecule has 0 atom stereocenters. The van der Waals surface area contributed by atoms with Gasteiger partial charge in [-0.2, -0.15) is 0 Å². The fourth-order valence-corrected chi connectivity index (χ4v) is 1.79. The molecule has 0 saturated carbocycles. The van der Waals surface area contributed by atoms with Gasteiger partial charge in [0.25, 0.3) is 5.91 Å². The van der Waals surface area contributed by atoms with E-state index in [-0.39, 0.29) is 11.7 Å². The summed E-state index contributed by atoms with van der Waals surface area (Å²) in [5.41, 5.74) is 0.696. The number of anilines is 1. The number of carbonyl (C=O) groups excluding carboxylic acids is 1. The minimum Gasteiger partial charge on any atom is -0.494 e. The van der Waals surface area contributed by atoms with Gasteiger partial charge in [-0.05, 0) is 58.7 Å². The van der Waals surface area contributed by atoms with Crippen molar-refractivity contribution in [3.8, 4) is 5.75 Å². The van der Waals surface area contributed by atoms with Gasteiger partial charge in [-0.25, -0.2) is 0 Å². The maximum Gasteiger partial charge on any atom is 0.291 e. The lowest BCUT2D eigenvalue weighted by molar-refractivity contribution is 0.0995. The zero-order chi connectivity index (χ0) is 13.7. The van der Waals surface area contributed by atoms with E-state index in [9.17, 15) is 4.79 Å². The highest BCUT2D eigenvalue weighted by molar-refractivity contribution is 9.10. The average molecular weight is 324 g/mol. The minimum absolute atomic E-state index is 0.262. The van der Waals surface area contributed by atoms with Crippen molar-refractivity contribution in [3.63, 3.8) is 0 Å². The summed E-state index contributed by atoms with van der Waals surface area (Å²) in [6.07, 6.45) is 0.964. The largest absolute Gasteiger partial charge is 0.494 e. The summed E-state index contributed by atoms with van der Waals surface area (Å²) >= 11 is 3.16. The molecule has 1 heterocycles. The number of ether oxygens (including phenoxy) is 1. The Bertz CT molecular complexity index is 548. The SMILES string of the molecule is CCCOc1ccc(NC(=O)c2ccc(Br)o2)cc1. The Balaban J connectivity index is 1.97. The van der Waals surface area contributed by atoms with Crippen LogP contribution in [-0.2, 0) is 0 Å². The molecule has 0 bridgehead atoms. The zero-order valence-electron chi connectivity index (χ0n) is 10.5. The fourth-order valence-electron chi connectivity index (χ4n) is 1.48. The second-order valence-electron chi connectivity index (χ2n) is 3.93. The van der Waals surface area contributed by atoms with Crippen LogP contribution in [0.25, 0.3) is 0 Å². The van der Waals surface area contributed by atoms with E-state index in [1.807, 2.05) is 12.1 Å². The lowest BCUT2D eigenvalue weighted by Gasteiger charge is -2.06. The van der Waals surface area contributed by atoms with Crippen LogP contribution < -0.4 is 10.1 Å². The predicted octanol–water partition coefficient (Wildman–Crippen LogP) is 4.08. The molecule has 2 rings (SSSR count). The van der Waals surface area contributed by atoms with Crippen molar-refractivity contribution in [2.75, 3.05) is 11.9 Å². The van der Waals surface area contributed by atoms with Crippen LogP contribution in [0.4, 0.5) is 5.69 Å². The molecule has 5 heteroatoms. The van der Waals surface area contributed by atoms with E-state index in [4.69, 9.17) is 9.15 Å². The van der Waals surface area contributed by atoms with Gasteiger partial charge in [0.2, 0.25) is 0 Å². The molecule has 4 nitrogen and oxygen atoms in total. The predicted molar refractivity (Wildman–Crippen MR) is 76.6 cm³/mol. The maximum atomic E-state index is 11.8. The van der Waals surface area contributed by atoms with Crippen molar-refractivity contribution in [1.29, 1.82) is 0 Å². The van der Waals surface area contributed by atoms with Gasteiger partial charge in [-0.1, -0.05) is 6.92 Å². The van der Waals surface area contributed by atoms with E-state index >= 15 is 0 Å². The Morgan fingerprint density at radius 3 is 2.58 bits per heavy atom. The quantitative estimate of drug-likeness (QED) is 0.901. The number of halogens is 1. The van der Waals surface area contributed by atoms with E-state index < -0.39 is 0 Å². The van der Waals surface area contributed by atoms with Crippen LogP contribution in [0.15, 0.2) is 45.5 Å². The molecule has 1 N–H and O–H groups in total. The van der Waals surface area contributed by atoms with E-state index in [0.717, 1.165) is 12.2 Å². The third-order valence-corrected chi connectivity index (χ3v) is 2.81. The van der Waals surface area contributed by atoms with Crippen molar-refractivity contribution in [2.45, 2.75) is 13.3 Å². The van der Waals surface area contributed by atoms with Crippen LogP contribution in [0.5, 0.6) is 5.75 Å². The van der Waals surface area contributed by atoms with Gasteiger partial charge in [-0.15, -0.1) is 0 Å². The molecule has 0 aliphatic heterocycles. The smallest absolute Gasteiger partial charge is 0.291 e. The second-order valence-corrected chi connectivity index (χ2v) is 4.71. The number of hydrogen-bond donors (Lipinski definition) is 1. The monoisotopic (exact) mass is 323 g/mol. The standard InChI is InChI=1S/C14H14BrNO3/c1-2-9-18-11-5-3-10(4-6-11)16-14(17)12-7-8-13(15)19-12/h3-8H,2,9H2,1H3,(H,16,17). The lowest BCUT2D eigenvalue weighted by Crippen LogP contribution is -2.10. The highest BCUT2D eigenvalue weighted by atomic mass is 79.9. The van der Waals surface area contributed by atoms with Crippen LogP contribution in [0, 0.1) is 0 Å². The third-order valence-electron chi connectivity index (χ3n) is 2.38. The molecule has 0 saturated heterocycles. The molecule has 1 aromatic carbocycles. The number of nitrogens with one attached hydrogen (secondary N) is 1. The highest BCUT2D eigenvalue weighted by Crippen LogP contribution is 2.18. The van der Waals surface area contributed by atoms with Crippen molar-refractivity contribution in [2.24, 2.45) is 0 Å². The van der Waals surface area contributed by atoms with Crippen LogP contribution in [0.1, 0.15) is 23.9 Å². The van der Waals surface area contributed by atoms with Crippen LogP contribution in [0.3, 0.4) is 0 Å². The molecule has 0 radical (unpaired) electrons. The Morgan fingerprint density at radius 2 is 2.00 bits per heavy atom. The molecule has 0 unspecified atom stereocenters. The molecule has 0 aliphatic carbocycles. The number of benzene rings is 1. The first-order chi connectivity index (χ1) is 9.19. The van der Waals surface area contributed by atoms with Crippen LogP contribution in [-0.4, -0.2) is 12.5 Å². The van der Waals surface area contributed by atoms with E-state index in [2.05, 4.69) is 28.2 Å². The molecule has 1 amide bonds. The summed E-state index contributed by atoms with van der Waals surface area (Å²) in [6, 6.07) is 10.5. The summed E-state index contributed by atoms with van der Waals surface area (Å²) in [7, 11) is 0. The summed E-state index contributed by atoms with van der Waals surface area (Å²) in [5.74, 6) is 0.770. The number of hydrogen-bond acceptors (Lipinski definition) is 3. The number of rotatable bonds is 5. The first-order valence-electron chi connectivity index (χ1n) is 5.98. The van der Waals surface area contributed by atoms with E-state index in [1.54, 1.807) is 24.3 Å². The van der Waals surface area contributed by atoms with Crippen LogP contribution >= 0.6 is 15.9 Å².